The molecular weight excluding hydrogens is 450 g/mol. The molecular formula is C22H29N3O5S2. The fraction of sp³-hybridized carbons (Fsp3) is 0.409. The number of carbonyl (C=O) groups excluding carboxylic acids is 1. The van der Waals surface area contributed by atoms with Crippen molar-refractivity contribution in [3.63, 3.8) is 0 Å². The highest BCUT2D eigenvalue weighted by Crippen LogP contribution is 2.27. The predicted octanol–water partition coefficient (Wildman–Crippen LogP) is 2.88. The molecule has 1 aliphatic rings. The standard InChI is InChI=1S/C22H29N3O5S2/c1-16-7-8-17(2)21(15-16)25(31(4,27)28)18(3)22(26)23-19-9-11-20(12-10-19)32(29,30)24-13-5-6-14-24/h7-12,15,18H,5-6,13-14H2,1-4H3,(H,23,26). The zero-order chi connectivity index (χ0) is 23.7. The molecule has 0 saturated carbocycles. The molecule has 0 bridgehead atoms. The van der Waals surface area contributed by atoms with E-state index in [1.165, 1.54) is 35.5 Å². The Morgan fingerprint density at radius 1 is 1.00 bits per heavy atom. The first kappa shape index (κ1) is 24.2. The Kier molecular flexibility index (Phi) is 6.97. The predicted molar refractivity (Wildman–Crippen MR) is 126 cm³/mol. The minimum absolute atomic E-state index is 0.165. The van der Waals surface area contributed by atoms with Crippen molar-refractivity contribution in [1.29, 1.82) is 0 Å². The van der Waals surface area contributed by atoms with Crippen LogP contribution in [0.4, 0.5) is 11.4 Å². The highest BCUT2D eigenvalue weighted by Gasteiger charge is 2.31. The van der Waals surface area contributed by atoms with Crippen molar-refractivity contribution in [3.8, 4) is 0 Å². The Labute approximate surface area is 190 Å². The van der Waals surface area contributed by atoms with E-state index in [1.54, 1.807) is 13.0 Å². The lowest BCUT2D eigenvalue weighted by Gasteiger charge is -2.29. The first-order valence-corrected chi connectivity index (χ1v) is 13.7. The highest BCUT2D eigenvalue weighted by molar-refractivity contribution is 7.92. The zero-order valence-electron chi connectivity index (χ0n) is 18.7. The van der Waals surface area contributed by atoms with Crippen LogP contribution in [0.2, 0.25) is 0 Å². The van der Waals surface area contributed by atoms with E-state index in [9.17, 15) is 21.6 Å². The summed E-state index contributed by atoms with van der Waals surface area (Å²) in [6.07, 6.45) is 2.77. The Hall–Kier alpha value is -2.43. The maximum Gasteiger partial charge on any atom is 0.247 e. The molecule has 1 saturated heterocycles. The average Bonchev–Trinajstić information content (AvgIpc) is 3.26. The molecule has 0 spiro atoms. The molecule has 1 N–H and O–H groups in total. The first-order valence-electron chi connectivity index (χ1n) is 10.4. The smallest absolute Gasteiger partial charge is 0.247 e. The van der Waals surface area contributed by atoms with E-state index in [0.717, 1.165) is 34.5 Å². The van der Waals surface area contributed by atoms with Crippen LogP contribution in [0.3, 0.4) is 0 Å². The van der Waals surface area contributed by atoms with Crippen molar-refractivity contribution in [2.24, 2.45) is 0 Å². The summed E-state index contributed by atoms with van der Waals surface area (Å²) in [7, 11) is -7.29. The average molecular weight is 480 g/mol. The molecule has 2 aromatic carbocycles. The monoisotopic (exact) mass is 479 g/mol. The van der Waals surface area contributed by atoms with Gasteiger partial charge in [0.1, 0.15) is 6.04 Å². The van der Waals surface area contributed by atoms with Crippen LogP contribution in [0.1, 0.15) is 30.9 Å². The largest absolute Gasteiger partial charge is 0.324 e. The number of sulfonamides is 2. The van der Waals surface area contributed by atoms with E-state index in [4.69, 9.17) is 0 Å². The van der Waals surface area contributed by atoms with Gasteiger partial charge < -0.3 is 5.32 Å². The maximum atomic E-state index is 12.9. The molecule has 1 aliphatic heterocycles. The Balaban J connectivity index is 1.81. The van der Waals surface area contributed by atoms with Crippen molar-refractivity contribution in [1.82, 2.24) is 4.31 Å². The van der Waals surface area contributed by atoms with Gasteiger partial charge in [-0.25, -0.2) is 16.8 Å². The molecule has 3 rings (SSSR count). The second kappa shape index (κ2) is 9.21. The van der Waals surface area contributed by atoms with Crippen LogP contribution in [0.15, 0.2) is 47.4 Å². The van der Waals surface area contributed by atoms with Crippen LogP contribution in [0.25, 0.3) is 0 Å². The summed E-state index contributed by atoms with van der Waals surface area (Å²) >= 11 is 0. The van der Waals surface area contributed by atoms with E-state index in [0.29, 0.717) is 24.5 Å². The molecule has 1 atom stereocenters. The number of nitrogens with zero attached hydrogens (tertiary/aromatic N) is 2. The molecule has 32 heavy (non-hydrogen) atoms. The summed E-state index contributed by atoms with van der Waals surface area (Å²) in [5, 5.41) is 2.69. The van der Waals surface area contributed by atoms with Gasteiger partial charge in [-0.15, -0.1) is 0 Å². The van der Waals surface area contributed by atoms with Gasteiger partial charge in [0, 0.05) is 18.8 Å². The summed E-state index contributed by atoms with van der Waals surface area (Å²) in [6.45, 7) is 6.18. The molecule has 0 aromatic heterocycles. The van der Waals surface area contributed by atoms with E-state index >= 15 is 0 Å². The van der Waals surface area contributed by atoms with Gasteiger partial charge in [0.2, 0.25) is 26.0 Å². The van der Waals surface area contributed by atoms with Gasteiger partial charge in [-0.2, -0.15) is 4.31 Å². The third-order valence-corrected chi connectivity index (χ3v) is 8.66. The number of benzene rings is 2. The van der Waals surface area contributed by atoms with Crippen LogP contribution in [0.5, 0.6) is 0 Å². The first-order chi connectivity index (χ1) is 14.9. The summed E-state index contributed by atoms with van der Waals surface area (Å²) < 4.78 is 53.0. The SMILES string of the molecule is Cc1ccc(C)c(N(C(C)C(=O)Nc2ccc(S(=O)(=O)N3CCCC3)cc2)S(C)(=O)=O)c1. The van der Waals surface area contributed by atoms with Gasteiger partial charge in [0.15, 0.2) is 0 Å². The lowest BCUT2D eigenvalue weighted by Crippen LogP contribution is -2.45. The van der Waals surface area contributed by atoms with Crippen molar-refractivity contribution >= 4 is 37.3 Å². The summed E-state index contributed by atoms with van der Waals surface area (Å²) in [4.78, 5) is 13.1. The van der Waals surface area contributed by atoms with Crippen molar-refractivity contribution in [2.45, 2.75) is 44.6 Å². The van der Waals surface area contributed by atoms with Crippen molar-refractivity contribution in [3.05, 3.63) is 53.6 Å². The second-order valence-corrected chi connectivity index (χ2v) is 11.9. The zero-order valence-corrected chi connectivity index (χ0v) is 20.3. The minimum atomic E-state index is -3.74. The molecule has 1 unspecified atom stereocenters. The van der Waals surface area contributed by atoms with E-state index in [-0.39, 0.29) is 4.90 Å². The Morgan fingerprint density at radius 3 is 2.16 bits per heavy atom. The Bertz CT molecular complexity index is 1200. The number of hydrogen-bond donors (Lipinski definition) is 1. The normalized spacial score (nSPS) is 16.0. The number of nitrogens with one attached hydrogen (secondary N) is 1. The number of carbonyl (C=O) groups is 1. The third-order valence-electron chi connectivity index (χ3n) is 5.52. The molecule has 1 amide bonds. The van der Waals surface area contributed by atoms with Crippen LogP contribution in [-0.4, -0.2) is 52.4 Å². The van der Waals surface area contributed by atoms with E-state index in [1.807, 2.05) is 19.1 Å². The third kappa shape index (κ3) is 5.13. The second-order valence-electron chi connectivity index (χ2n) is 8.15. The molecule has 2 aromatic rings. The van der Waals surface area contributed by atoms with Gasteiger partial charge in [-0.1, -0.05) is 12.1 Å². The number of anilines is 2. The molecule has 0 radical (unpaired) electrons. The quantitative estimate of drug-likeness (QED) is 0.658. The van der Waals surface area contributed by atoms with Crippen molar-refractivity contribution in [2.75, 3.05) is 29.0 Å². The summed E-state index contributed by atoms with van der Waals surface area (Å²) in [6, 6.07) is 10.3. The van der Waals surface area contributed by atoms with Gasteiger partial charge in [0.25, 0.3) is 0 Å². The fourth-order valence-corrected chi connectivity index (χ4v) is 6.51. The number of rotatable bonds is 7. The minimum Gasteiger partial charge on any atom is -0.324 e. The van der Waals surface area contributed by atoms with Crippen molar-refractivity contribution < 1.29 is 21.6 Å². The maximum absolute atomic E-state index is 12.9. The van der Waals surface area contributed by atoms with E-state index < -0.39 is 32.0 Å². The number of amides is 1. The van der Waals surface area contributed by atoms with E-state index in [2.05, 4.69) is 5.32 Å². The molecule has 0 aliphatic carbocycles. The highest BCUT2D eigenvalue weighted by atomic mass is 32.2. The van der Waals surface area contributed by atoms with Crippen LogP contribution >= 0.6 is 0 Å². The fourth-order valence-electron chi connectivity index (χ4n) is 3.77. The van der Waals surface area contributed by atoms with Gasteiger partial charge in [-0.05, 0) is 75.1 Å². The lowest BCUT2D eigenvalue weighted by atomic mass is 10.1. The number of hydrogen-bond acceptors (Lipinski definition) is 5. The molecule has 1 fully saturated rings. The number of aryl methyl sites for hydroxylation is 2. The van der Waals surface area contributed by atoms with Crippen LogP contribution < -0.4 is 9.62 Å². The molecule has 8 nitrogen and oxygen atoms in total. The Morgan fingerprint density at radius 2 is 1.59 bits per heavy atom. The summed E-state index contributed by atoms with van der Waals surface area (Å²) in [5.41, 5.74) is 2.44. The molecule has 1 heterocycles. The van der Waals surface area contributed by atoms with Crippen LogP contribution in [-0.2, 0) is 24.8 Å². The lowest BCUT2D eigenvalue weighted by molar-refractivity contribution is -0.116. The topological polar surface area (TPSA) is 104 Å². The molecule has 10 heteroatoms. The van der Waals surface area contributed by atoms with Gasteiger partial charge in [-0.3, -0.25) is 9.10 Å². The molecule has 174 valence electrons. The van der Waals surface area contributed by atoms with Gasteiger partial charge in [0.05, 0.1) is 16.8 Å². The van der Waals surface area contributed by atoms with Crippen LogP contribution in [0, 0.1) is 13.8 Å². The van der Waals surface area contributed by atoms with Gasteiger partial charge >= 0.3 is 0 Å². The summed E-state index contributed by atoms with van der Waals surface area (Å²) in [5.74, 6) is -0.522.